The molecule has 3 aromatic heterocycles. The fourth-order valence-electron chi connectivity index (χ4n) is 1.90. The van der Waals surface area contributed by atoms with Gasteiger partial charge in [-0.25, -0.2) is 14.3 Å². The van der Waals surface area contributed by atoms with Gasteiger partial charge in [0, 0.05) is 18.5 Å². The molecule has 0 unspecified atom stereocenters. The molecule has 10 heteroatoms. The third-order valence-electron chi connectivity index (χ3n) is 3.05. The molecule has 0 bridgehead atoms. The fraction of sp³-hybridized carbons (Fsp3) is 0.0714. The van der Waals surface area contributed by atoms with Crippen molar-refractivity contribution < 1.29 is 19.1 Å². The highest BCUT2D eigenvalue weighted by Crippen LogP contribution is 2.23. The van der Waals surface area contributed by atoms with Gasteiger partial charge in [-0.05, 0) is 11.4 Å². The van der Waals surface area contributed by atoms with Crippen LogP contribution in [0.5, 0.6) is 0 Å². The van der Waals surface area contributed by atoms with Gasteiger partial charge in [0.15, 0.2) is 5.65 Å². The molecule has 0 aliphatic rings. The fourth-order valence-corrected chi connectivity index (χ4v) is 2.68. The second-order valence-corrected chi connectivity index (χ2v) is 5.46. The second-order valence-electron chi connectivity index (χ2n) is 4.54. The number of amides is 3. The minimum absolute atomic E-state index is 0.159. The summed E-state index contributed by atoms with van der Waals surface area (Å²) in [6, 6.07) is 3.20. The molecule has 9 nitrogen and oxygen atoms in total. The molecule has 3 aromatic rings. The second kappa shape index (κ2) is 6.46. The lowest BCUT2D eigenvalue weighted by atomic mass is 10.2. The van der Waals surface area contributed by atoms with Gasteiger partial charge in [0.1, 0.15) is 5.00 Å². The molecule has 0 saturated carbocycles. The number of fused-ring (bicyclic) bond motifs is 1. The lowest BCUT2D eigenvalue weighted by molar-refractivity contribution is 0.0938. The maximum atomic E-state index is 12.3. The van der Waals surface area contributed by atoms with Crippen LogP contribution in [0, 0.1) is 0 Å². The summed E-state index contributed by atoms with van der Waals surface area (Å²) in [4.78, 5) is 39.5. The van der Waals surface area contributed by atoms with E-state index < -0.39 is 17.9 Å². The van der Waals surface area contributed by atoms with Crippen molar-refractivity contribution in [1.29, 1.82) is 0 Å². The number of nitrogens with one attached hydrogen (secondary N) is 2. The zero-order valence-electron chi connectivity index (χ0n) is 12.3. The highest BCUT2D eigenvalue weighted by molar-refractivity contribution is 7.14. The van der Waals surface area contributed by atoms with Gasteiger partial charge >= 0.3 is 6.09 Å². The Balaban J connectivity index is 1.78. The van der Waals surface area contributed by atoms with E-state index in [-0.39, 0.29) is 11.1 Å². The van der Waals surface area contributed by atoms with E-state index in [1.54, 1.807) is 17.6 Å². The van der Waals surface area contributed by atoms with E-state index in [9.17, 15) is 14.4 Å². The average molecular weight is 345 g/mol. The van der Waals surface area contributed by atoms with Crippen molar-refractivity contribution in [3.05, 3.63) is 47.2 Å². The van der Waals surface area contributed by atoms with Crippen LogP contribution in [0.1, 0.15) is 20.7 Å². The Labute approximate surface area is 139 Å². The summed E-state index contributed by atoms with van der Waals surface area (Å²) >= 11 is 1.15. The summed E-state index contributed by atoms with van der Waals surface area (Å²) in [5.41, 5.74) is 1.05. The van der Waals surface area contributed by atoms with Crippen molar-refractivity contribution in [2.45, 2.75) is 0 Å². The zero-order valence-corrected chi connectivity index (χ0v) is 13.2. The van der Waals surface area contributed by atoms with Crippen molar-refractivity contribution in [1.82, 2.24) is 19.9 Å². The number of nitrogens with zero attached hydrogens (tertiary/aromatic N) is 3. The summed E-state index contributed by atoms with van der Waals surface area (Å²) in [5.74, 6) is -1.12. The molecule has 24 heavy (non-hydrogen) atoms. The Bertz CT molecular complexity index is 932. The Hall–Kier alpha value is -3.27. The van der Waals surface area contributed by atoms with E-state index in [0.29, 0.717) is 10.6 Å². The summed E-state index contributed by atoms with van der Waals surface area (Å²) in [6.07, 6.45) is 3.63. The number of alkyl carbamates (subject to hydrolysis) is 1. The molecular weight excluding hydrogens is 334 g/mol. The van der Waals surface area contributed by atoms with E-state index in [4.69, 9.17) is 0 Å². The third kappa shape index (κ3) is 3.08. The van der Waals surface area contributed by atoms with Crippen LogP contribution in [0.15, 0.2) is 36.1 Å². The molecular formula is C14H11N5O4S. The van der Waals surface area contributed by atoms with Gasteiger partial charge in [-0.15, -0.1) is 11.3 Å². The predicted molar refractivity (Wildman–Crippen MR) is 85.1 cm³/mol. The number of hydrogen-bond donors (Lipinski definition) is 2. The molecule has 0 aliphatic carbocycles. The number of rotatable bonds is 3. The van der Waals surface area contributed by atoms with Crippen molar-refractivity contribution in [3.63, 3.8) is 0 Å². The molecule has 3 amide bonds. The number of imide groups is 1. The first-order valence-electron chi connectivity index (χ1n) is 6.66. The van der Waals surface area contributed by atoms with Crippen LogP contribution >= 0.6 is 11.3 Å². The molecule has 122 valence electrons. The van der Waals surface area contributed by atoms with Crippen LogP contribution in [0.25, 0.3) is 5.65 Å². The number of thiophene rings is 1. The number of ether oxygens (including phenoxy) is 1. The van der Waals surface area contributed by atoms with Gasteiger partial charge < -0.3 is 10.1 Å². The lowest BCUT2D eigenvalue weighted by Crippen LogP contribution is -2.30. The quantitative estimate of drug-likeness (QED) is 0.744. The number of aromatic nitrogens is 3. The van der Waals surface area contributed by atoms with E-state index in [1.165, 1.54) is 23.0 Å². The maximum Gasteiger partial charge on any atom is 0.413 e. The molecule has 0 aliphatic heterocycles. The largest absolute Gasteiger partial charge is 0.453 e. The summed E-state index contributed by atoms with van der Waals surface area (Å²) < 4.78 is 5.84. The van der Waals surface area contributed by atoms with E-state index >= 15 is 0 Å². The van der Waals surface area contributed by atoms with Crippen molar-refractivity contribution in [3.8, 4) is 0 Å². The van der Waals surface area contributed by atoms with Crippen molar-refractivity contribution >= 4 is 39.9 Å². The summed E-state index contributed by atoms with van der Waals surface area (Å²) in [6.45, 7) is 0. The minimum Gasteiger partial charge on any atom is -0.453 e. The Morgan fingerprint density at radius 1 is 1.25 bits per heavy atom. The third-order valence-corrected chi connectivity index (χ3v) is 3.88. The Kier molecular flexibility index (Phi) is 4.20. The van der Waals surface area contributed by atoms with Gasteiger partial charge in [0.2, 0.25) is 0 Å². The maximum absolute atomic E-state index is 12.3. The first-order valence-corrected chi connectivity index (χ1v) is 7.54. The zero-order chi connectivity index (χ0) is 17.1. The molecule has 3 rings (SSSR count). The number of methoxy groups -OCH3 is 1. The van der Waals surface area contributed by atoms with Crippen LogP contribution in [0.4, 0.5) is 9.80 Å². The molecule has 0 atom stereocenters. The van der Waals surface area contributed by atoms with Crippen LogP contribution in [-0.4, -0.2) is 39.6 Å². The summed E-state index contributed by atoms with van der Waals surface area (Å²) in [7, 11) is 1.15. The minimum atomic E-state index is -0.878. The summed E-state index contributed by atoms with van der Waals surface area (Å²) in [5, 5.41) is 10.6. The van der Waals surface area contributed by atoms with E-state index in [2.05, 4.69) is 20.1 Å². The highest BCUT2D eigenvalue weighted by atomic mass is 32.1. The SMILES string of the molecule is COC(=O)NC(=O)c1ccsc1NC(=O)c1cnc2ccnn2c1. The van der Waals surface area contributed by atoms with Gasteiger partial charge in [-0.2, -0.15) is 5.10 Å². The van der Waals surface area contributed by atoms with Crippen molar-refractivity contribution in [2.24, 2.45) is 0 Å². The Morgan fingerprint density at radius 2 is 2.08 bits per heavy atom. The smallest absolute Gasteiger partial charge is 0.413 e. The first kappa shape index (κ1) is 15.6. The number of carbonyl (C=O) groups excluding carboxylic acids is 3. The van der Waals surface area contributed by atoms with Gasteiger partial charge in [0.25, 0.3) is 11.8 Å². The first-order chi connectivity index (χ1) is 11.6. The number of hydrogen-bond acceptors (Lipinski definition) is 7. The van der Waals surface area contributed by atoms with E-state index in [1.807, 2.05) is 5.32 Å². The number of carbonyl (C=O) groups is 3. The molecule has 0 aromatic carbocycles. The molecule has 3 heterocycles. The molecule has 0 saturated heterocycles. The van der Waals surface area contributed by atoms with Crippen molar-refractivity contribution in [2.75, 3.05) is 12.4 Å². The van der Waals surface area contributed by atoms with Crippen LogP contribution < -0.4 is 10.6 Å². The van der Waals surface area contributed by atoms with Gasteiger partial charge in [-0.1, -0.05) is 0 Å². The molecule has 0 radical (unpaired) electrons. The topological polar surface area (TPSA) is 115 Å². The van der Waals surface area contributed by atoms with Crippen LogP contribution in [-0.2, 0) is 4.74 Å². The Morgan fingerprint density at radius 3 is 2.88 bits per heavy atom. The normalized spacial score (nSPS) is 10.4. The molecule has 0 spiro atoms. The molecule has 2 N–H and O–H groups in total. The average Bonchev–Trinajstić information content (AvgIpc) is 3.22. The highest BCUT2D eigenvalue weighted by Gasteiger charge is 2.18. The predicted octanol–water partition coefficient (Wildman–Crippen LogP) is 1.54. The van der Waals surface area contributed by atoms with Crippen LogP contribution in [0.3, 0.4) is 0 Å². The monoisotopic (exact) mass is 345 g/mol. The van der Waals surface area contributed by atoms with Crippen LogP contribution in [0.2, 0.25) is 0 Å². The molecule has 0 fully saturated rings. The van der Waals surface area contributed by atoms with Gasteiger partial charge in [-0.3, -0.25) is 14.9 Å². The van der Waals surface area contributed by atoms with E-state index in [0.717, 1.165) is 18.4 Å². The van der Waals surface area contributed by atoms with Gasteiger partial charge in [0.05, 0.1) is 24.4 Å². The lowest BCUT2D eigenvalue weighted by Gasteiger charge is -2.06. The number of anilines is 1. The standard InChI is InChI=1S/C14H11N5O4S/c1-23-14(22)18-12(21)9-3-5-24-13(9)17-11(20)8-6-15-10-2-4-16-19(10)7-8/h2-7H,1H3,(H,17,20)(H,18,21,22).